The van der Waals surface area contributed by atoms with Crippen molar-refractivity contribution >= 4 is 46.4 Å². The third-order valence-corrected chi connectivity index (χ3v) is 3.52. The van der Waals surface area contributed by atoms with E-state index in [9.17, 15) is 9.59 Å². The number of hydrogen-bond acceptors (Lipinski definition) is 3. The van der Waals surface area contributed by atoms with E-state index in [0.29, 0.717) is 21.8 Å². The number of anilines is 1. The van der Waals surface area contributed by atoms with Crippen LogP contribution in [-0.4, -0.2) is 21.9 Å². The SMILES string of the molecule is O=C1c2ccccc2C(=O)N1NC(=S)Nc1cccc(Cl)c1. The van der Waals surface area contributed by atoms with Gasteiger partial charge in [0, 0.05) is 10.7 Å². The number of rotatable bonds is 2. The fraction of sp³-hybridized carbons (Fsp3) is 0. The predicted molar refractivity (Wildman–Crippen MR) is 87.8 cm³/mol. The first-order valence-corrected chi connectivity index (χ1v) is 7.16. The summed E-state index contributed by atoms with van der Waals surface area (Å²) < 4.78 is 0. The molecule has 5 nitrogen and oxygen atoms in total. The lowest BCUT2D eigenvalue weighted by molar-refractivity contribution is 0.0613. The molecule has 110 valence electrons. The van der Waals surface area contributed by atoms with Crippen LogP contribution in [0.15, 0.2) is 48.5 Å². The van der Waals surface area contributed by atoms with Gasteiger partial charge in [0.25, 0.3) is 11.8 Å². The Morgan fingerprint density at radius 2 is 1.64 bits per heavy atom. The lowest BCUT2D eigenvalue weighted by Gasteiger charge is -2.18. The van der Waals surface area contributed by atoms with Crippen LogP contribution in [0.2, 0.25) is 5.02 Å². The molecule has 22 heavy (non-hydrogen) atoms. The summed E-state index contributed by atoms with van der Waals surface area (Å²) in [6.45, 7) is 0. The van der Waals surface area contributed by atoms with E-state index < -0.39 is 11.8 Å². The van der Waals surface area contributed by atoms with E-state index >= 15 is 0 Å². The summed E-state index contributed by atoms with van der Waals surface area (Å²) in [4.78, 5) is 24.4. The maximum absolute atomic E-state index is 12.2. The van der Waals surface area contributed by atoms with Gasteiger partial charge in [-0.3, -0.25) is 15.0 Å². The molecular weight excluding hydrogens is 322 g/mol. The minimum absolute atomic E-state index is 0.122. The second kappa shape index (κ2) is 5.75. The van der Waals surface area contributed by atoms with Crippen LogP contribution in [0.1, 0.15) is 20.7 Å². The lowest BCUT2D eigenvalue weighted by Crippen LogP contribution is -2.47. The standard InChI is InChI=1S/C15H10ClN3O2S/c16-9-4-3-5-10(8-9)17-15(22)18-19-13(20)11-6-1-2-7-12(11)14(19)21/h1-8H,(H2,17,18,22). The molecule has 2 aromatic carbocycles. The quantitative estimate of drug-likeness (QED) is 0.654. The molecule has 0 radical (unpaired) electrons. The third-order valence-electron chi connectivity index (χ3n) is 3.09. The molecule has 2 aromatic rings. The van der Waals surface area contributed by atoms with Crippen molar-refractivity contribution in [2.75, 3.05) is 5.32 Å². The van der Waals surface area contributed by atoms with Crippen LogP contribution in [0, 0.1) is 0 Å². The Labute approximate surface area is 136 Å². The van der Waals surface area contributed by atoms with E-state index in [-0.39, 0.29) is 5.11 Å². The average Bonchev–Trinajstić information content (AvgIpc) is 2.73. The normalized spacial score (nSPS) is 13.0. The highest BCUT2D eigenvalue weighted by Crippen LogP contribution is 2.21. The van der Waals surface area contributed by atoms with Gasteiger partial charge in [0.05, 0.1) is 11.1 Å². The fourth-order valence-electron chi connectivity index (χ4n) is 2.12. The van der Waals surface area contributed by atoms with Gasteiger partial charge in [-0.2, -0.15) is 5.01 Å². The van der Waals surface area contributed by atoms with Crippen molar-refractivity contribution in [3.63, 3.8) is 0 Å². The zero-order valence-corrected chi connectivity index (χ0v) is 12.7. The number of carbonyl (C=O) groups excluding carboxylic acids is 2. The van der Waals surface area contributed by atoms with Gasteiger partial charge in [-0.05, 0) is 42.5 Å². The van der Waals surface area contributed by atoms with Gasteiger partial charge >= 0.3 is 0 Å². The summed E-state index contributed by atoms with van der Waals surface area (Å²) in [5.41, 5.74) is 3.96. The van der Waals surface area contributed by atoms with Crippen LogP contribution in [-0.2, 0) is 0 Å². The molecule has 3 rings (SSSR count). The number of imide groups is 1. The summed E-state index contributed by atoms with van der Waals surface area (Å²) in [6, 6.07) is 13.5. The van der Waals surface area contributed by atoms with Crippen LogP contribution in [0.5, 0.6) is 0 Å². The van der Waals surface area contributed by atoms with E-state index in [4.69, 9.17) is 23.8 Å². The molecule has 0 saturated heterocycles. The Balaban J connectivity index is 1.73. The molecule has 0 atom stereocenters. The number of halogens is 1. The summed E-state index contributed by atoms with van der Waals surface area (Å²) in [7, 11) is 0. The molecule has 0 fully saturated rings. The minimum atomic E-state index is -0.434. The van der Waals surface area contributed by atoms with Gasteiger partial charge in [0.15, 0.2) is 5.11 Å². The van der Waals surface area contributed by atoms with Gasteiger partial charge in [-0.25, -0.2) is 0 Å². The maximum atomic E-state index is 12.2. The molecule has 0 unspecified atom stereocenters. The first-order valence-electron chi connectivity index (χ1n) is 6.37. The van der Waals surface area contributed by atoms with Crippen LogP contribution >= 0.6 is 23.8 Å². The Hall–Kier alpha value is -2.44. The van der Waals surface area contributed by atoms with E-state index in [0.717, 1.165) is 5.01 Å². The molecular formula is C15H10ClN3O2S. The zero-order valence-electron chi connectivity index (χ0n) is 11.2. The molecule has 2 N–H and O–H groups in total. The van der Waals surface area contributed by atoms with Gasteiger partial charge in [0.2, 0.25) is 0 Å². The van der Waals surface area contributed by atoms with Crippen LogP contribution in [0.4, 0.5) is 5.69 Å². The highest BCUT2D eigenvalue weighted by Gasteiger charge is 2.35. The van der Waals surface area contributed by atoms with Gasteiger partial charge in [0.1, 0.15) is 0 Å². The van der Waals surface area contributed by atoms with Crippen LogP contribution in [0.3, 0.4) is 0 Å². The molecule has 0 aliphatic carbocycles. The summed E-state index contributed by atoms with van der Waals surface area (Å²) in [5, 5.41) is 4.43. The van der Waals surface area contributed by atoms with Crippen molar-refractivity contribution < 1.29 is 9.59 Å². The zero-order chi connectivity index (χ0) is 15.7. The van der Waals surface area contributed by atoms with Gasteiger partial charge in [-0.1, -0.05) is 29.8 Å². The van der Waals surface area contributed by atoms with Crippen LogP contribution < -0.4 is 10.7 Å². The largest absolute Gasteiger partial charge is 0.331 e. The number of nitrogens with one attached hydrogen (secondary N) is 2. The van der Waals surface area contributed by atoms with E-state index in [1.165, 1.54) is 0 Å². The average molecular weight is 332 g/mol. The molecule has 7 heteroatoms. The topological polar surface area (TPSA) is 61.4 Å². The van der Waals surface area contributed by atoms with Crippen LogP contribution in [0.25, 0.3) is 0 Å². The molecule has 0 spiro atoms. The Bertz CT molecular complexity index is 759. The number of benzene rings is 2. The molecule has 1 heterocycles. The number of hydrogen-bond donors (Lipinski definition) is 2. The molecule has 1 aliphatic heterocycles. The molecule has 0 saturated carbocycles. The van der Waals surface area contributed by atoms with Crippen molar-refractivity contribution in [2.24, 2.45) is 0 Å². The smallest absolute Gasteiger partial charge is 0.280 e. The predicted octanol–water partition coefficient (Wildman–Crippen LogP) is 2.84. The third kappa shape index (κ3) is 2.66. The summed E-state index contributed by atoms with van der Waals surface area (Å²) in [6.07, 6.45) is 0. The van der Waals surface area contributed by atoms with Crippen molar-refractivity contribution in [3.8, 4) is 0 Å². The number of thiocarbonyl (C=S) groups is 1. The molecule has 0 aromatic heterocycles. The number of hydrazine groups is 1. The Morgan fingerprint density at radius 3 is 2.23 bits per heavy atom. The van der Waals surface area contributed by atoms with Crippen molar-refractivity contribution in [1.82, 2.24) is 10.4 Å². The lowest BCUT2D eigenvalue weighted by atomic mass is 10.1. The molecule has 2 amide bonds. The number of nitrogens with zero attached hydrogens (tertiary/aromatic N) is 1. The second-order valence-corrected chi connectivity index (χ2v) is 5.41. The van der Waals surface area contributed by atoms with Gasteiger partial charge in [-0.15, -0.1) is 0 Å². The molecule has 0 bridgehead atoms. The summed E-state index contributed by atoms with van der Waals surface area (Å²) in [5.74, 6) is -0.869. The van der Waals surface area contributed by atoms with E-state index in [2.05, 4.69) is 10.7 Å². The maximum Gasteiger partial charge on any atom is 0.280 e. The highest BCUT2D eigenvalue weighted by atomic mass is 35.5. The summed E-state index contributed by atoms with van der Waals surface area (Å²) >= 11 is 11.0. The number of fused-ring (bicyclic) bond motifs is 1. The van der Waals surface area contributed by atoms with E-state index in [1.807, 2.05) is 0 Å². The number of amides is 2. The second-order valence-electron chi connectivity index (χ2n) is 4.57. The van der Waals surface area contributed by atoms with E-state index in [1.54, 1.807) is 48.5 Å². The van der Waals surface area contributed by atoms with Crippen molar-refractivity contribution in [3.05, 3.63) is 64.7 Å². The number of carbonyl (C=O) groups is 2. The highest BCUT2D eigenvalue weighted by molar-refractivity contribution is 7.80. The Kier molecular flexibility index (Phi) is 3.79. The Morgan fingerprint density at radius 1 is 1.00 bits per heavy atom. The molecule has 1 aliphatic rings. The monoisotopic (exact) mass is 331 g/mol. The van der Waals surface area contributed by atoms with Gasteiger partial charge < -0.3 is 5.32 Å². The fourth-order valence-corrected chi connectivity index (χ4v) is 2.52. The first kappa shape index (κ1) is 14.5. The van der Waals surface area contributed by atoms with Crippen molar-refractivity contribution in [1.29, 1.82) is 0 Å². The van der Waals surface area contributed by atoms with Crippen molar-refractivity contribution in [2.45, 2.75) is 0 Å². The first-order chi connectivity index (χ1) is 10.6. The minimum Gasteiger partial charge on any atom is -0.331 e.